The topological polar surface area (TPSA) is 46.5 Å². The molecule has 0 bridgehead atoms. The molecule has 2 unspecified atom stereocenters. The number of nitrogens with one attached hydrogen (secondary N) is 1. The Kier molecular flexibility index (Phi) is 5.86. The number of ether oxygens (including phenoxy) is 1. The van der Waals surface area contributed by atoms with Crippen molar-refractivity contribution in [3.63, 3.8) is 0 Å². The number of aromatic nitrogens is 1. The molecule has 0 saturated heterocycles. The SMILES string of the molecule is CC(Cn1ccc2ccccc21)NC(=O)CCN1Cc2ccccc2OC(C)C1. The van der Waals surface area contributed by atoms with Crippen LogP contribution in [0.2, 0.25) is 0 Å². The highest BCUT2D eigenvalue weighted by molar-refractivity contribution is 5.80. The summed E-state index contributed by atoms with van der Waals surface area (Å²) < 4.78 is 8.21. The average molecular weight is 392 g/mol. The van der Waals surface area contributed by atoms with E-state index in [1.807, 2.05) is 30.3 Å². The van der Waals surface area contributed by atoms with Crippen LogP contribution in [0.15, 0.2) is 60.8 Å². The number of nitrogens with zero attached hydrogens (tertiary/aromatic N) is 2. The van der Waals surface area contributed by atoms with Crippen LogP contribution in [-0.2, 0) is 17.9 Å². The fraction of sp³-hybridized carbons (Fsp3) is 0.375. The molecule has 1 aliphatic heterocycles. The molecule has 0 radical (unpaired) electrons. The van der Waals surface area contributed by atoms with Gasteiger partial charge in [0.2, 0.25) is 5.91 Å². The van der Waals surface area contributed by atoms with Crippen LogP contribution in [0.3, 0.4) is 0 Å². The maximum Gasteiger partial charge on any atom is 0.221 e. The summed E-state index contributed by atoms with van der Waals surface area (Å²) in [5, 5.41) is 4.38. The third-order valence-corrected chi connectivity index (χ3v) is 5.42. The summed E-state index contributed by atoms with van der Waals surface area (Å²) >= 11 is 0. The first-order chi connectivity index (χ1) is 14.1. The molecule has 29 heavy (non-hydrogen) atoms. The lowest BCUT2D eigenvalue weighted by Gasteiger charge is -2.22. The van der Waals surface area contributed by atoms with Gasteiger partial charge in [-0.1, -0.05) is 36.4 Å². The molecular weight excluding hydrogens is 362 g/mol. The van der Waals surface area contributed by atoms with Gasteiger partial charge in [0, 0.05) is 55.9 Å². The molecule has 152 valence electrons. The first-order valence-electron chi connectivity index (χ1n) is 10.4. The predicted octanol–water partition coefficient (Wildman–Crippen LogP) is 3.82. The Labute approximate surface area is 172 Å². The summed E-state index contributed by atoms with van der Waals surface area (Å²) in [6, 6.07) is 18.7. The van der Waals surface area contributed by atoms with Crippen molar-refractivity contribution in [1.82, 2.24) is 14.8 Å². The van der Waals surface area contributed by atoms with E-state index in [2.05, 4.69) is 59.1 Å². The molecule has 3 aromatic rings. The Balaban J connectivity index is 1.29. The van der Waals surface area contributed by atoms with Gasteiger partial charge in [-0.2, -0.15) is 0 Å². The summed E-state index contributed by atoms with van der Waals surface area (Å²) in [6.07, 6.45) is 2.69. The van der Waals surface area contributed by atoms with Crippen LogP contribution >= 0.6 is 0 Å². The van der Waals surface area contributed by atoms with Gasteiger partial charge in [0.05, 0.1) is 0 Å². The van der Waals surface area contributed by atoms with Crippen LogP contribution in [-0.4, -0.2) is 40.6 Å². The number of carbonyl (C=O) groups is 1. The van der Waals surface area contributed by atoms with Crippen LogP contribution in [0.25, 0.3) is 10.9 Å². The Bertz CT molecular complexity index is 981. The highest BCUT2D eigenvalue weighted by atomic mass is 16.5. The zero-order valence-corrected chi connectivity index (χ0v) is 17.2. The van der Waals surface area contributed by atoms with Gasteiger partial charge in [0.1, 0.15) is 11.9 Å². The van der Waals surface area contributed by atoms with Gasteiger partial charge in [-0.15, -0.1) is 0 Å². The van der Waals surface area contributed by atoms with Gasteiger partial charge < -0.3 is 14.6 Å². The molecule has 1 aromatic heterocycles. The summed E-state index contributed by atoms with van der Waals surface area (Å²) in [5.74, 6) is 1.06. The monoisotopic (exact) mass is 391 g/mol. The van der Waals surface area contributed by atoms with E-state index in [9.17, 15) is 4.79 Å². The molecule has 5 nitrogen and oxygen atoms in total. The highest BCUT2D eigenvalue weighted by Crippen LogP contribution is 2.24. The quantitative estimate of drug-likeness (QED) is 0.695. The van der Waals surface area contributed by atoms with Crippen LogP contribution < -0.4 is 10.1 Å². The zero-order chi connectivity index (χ0) is 20.2. The van der Waals surface area contributed by atoms with E-state index in [4.69, 9.17) is 4.74 Å². The van der Waals surface area contributed by atoms with Gasteiger partial charge >= 0.3 is 0 Å². The van der Waals surface area contributed by atoms with Crippen molar-refractivity contribution in [3.8, 4) is 5.75 Å². The molecule has 1 amide bonds. The zero-order valence-electron chi connectivity index (χ0n) is 17.2. The molecule has 2 heterocycles. The van der Waals surface area contributed by atoms with Crippen molar-refractivity contribution in [2.75, 3.05) is 13.1 Å². The smallest absolute Gasteiger partial charge is 0.221 e. The van der Waals surface area contributed by atoms with Gasteiger partial charge in [-0.3, -0.25) is 9.69 Å². The minimum absolute atomic E-state index is 0.0745. The highest BCUT2D eigenvalue weighted by Gasteiger charge is 2.20. The van der Waals surface area contributed by atoms with Crippen molar-refractivity contribution < 1.29 is 9.53 Å². The third-order valence-electron chi connectivity index (χ3n) is 5.42. The number of amides is 1. The van der Waals surface area contributed by atoms with Crippen LogP contribution in [0.5, 0.6) is 5.75 Å². The fourth-order valence-electron chi connectivity index (χ4n) is 4.09. The number of fused-ring (bicyclic) bond motifs is 2. The van der Waals surface area contributed by atoms with Crippen LogP contribution in [0, 0.1) is 0 Å². The van der Waals surface area contributed by atoms with Crippen molar-refractivity contribution in [2.24, 2.45) is 0 Å². The number of para-hydroxylation sites is 2. The second-order valence-corrected chi connectivity index (χ2v) is 8.02. The molecule has 0 fully saturated rings. The van der Waals surface area contributed by atoms with Crippen molar-refractivity contribution in [3.05, 3.63) is 66.4 Å². The Morgan fingerprint density at radius 1 is 1.17 bits per heavy atom. The van der Waals surface area contributed by atoms with Crippen molar-refractivity contribution in [1.29, 1.82) is 0 Å². The van der Waals surface area contributed by atoms with Crippen LogP contribution in [0.4, 0.5) is 0 Å². The molecular formula is C24H29N3O2. The van der Waals surface area contributed by atoms with E-state index in [1.54, 1.807) is 0 Å². The van der Waals surface area contributed by atoms with Gasteiger partial charge in [-0.25, -0.2) is 0 Å². The molecule has 0 spiro atoms. The molecule has 2 atom stereocenters. The second kappa shape index (κ2) is 8.70. The van der Waals surface area contributed by atoms with E-state index in [-0.39, 0.29) is 18.1 Å². The maximum absolute atomic E-state index is 12.5. The minimum atomic E-state index is 0.0745. The lowest BCUT2D eigenvalue weighted by atomic mass is 10.2. The predicted molar refractivity (Wildman–Crippen MR) is 116 cm³/mol. The second-order valence-electron chi connectivity index (χ2n) is 8.02. The minimum Gasteiger partial charge on any atom is -0.489 e. The van der Waals surface area contributed by atoms with Gasteiger partial charge in [0.15, 0.2) is 0 Å². The molecule has 1 N–H and O–H groups in total. The number of hydrogen-bond donors (Lipinski definition) is 1. The largest absolute Gasteiger partial charge is 0.489 e. The molecule has 0 saturated carbocycles. The first-order valence-corrected chi connectivity index (χ1v) is 10.4. The first kappa shape index (κ1) is 19.5. The van der Waals surface area contributed by atoms with E-state index in [1.165, 1.54) is 16.5 Å². The Hall–Kier alpha value is -2.79. The molecule has 1 aliphatic rings. The van der Waals surface area contributed by atoms with Gasteiger partial charge in [0.25, 0.3) is 0 Å². The molecule has 0 aliphatic carbocycles. The summed E-state index contributed by atoms with van der Waals surface area (Å²) in [4.78, 5) is 14.8. The maximum atomic E-state index is 12.5. The van der Waals surface area contributed by atoms with Crippen molar-refractivity contribution >= 4 is 16.8 Å². The number of hydrogen-bond acceptors (Lipinski definition) is 3. The Morgan fingerprint density at radius 2 is 1.97 bits per heavy atom. The normalized spacial score (nSPS) is 17.9. The molecule has 4 rings (SSSR count). The summed E-state index contributed by atoms with van der Waals surface area (Å²) in [5.41, 5.74) is 2.39. The lowest BCUT2D eigenvalue weighted by molar-refractivity contribution is -0.122. The van der Waals surface area contributed by atoms with Crippen LogP contribution in [0.1, 0.15) is 25.8 Å². The third kappa shape index (κ3) is 4.80. The van der Waals surface area contributed by atoms with E-state index in [0.717, 1.165) is 31.9 Å². The summed E-state index contributed by atoms with van der Waals surface area (Å²) in [7, 11) is 0. The van der Waals surface area contributed by atoms with Crippen molar-refractivity contribution in [2.45, 2.75) is 45.5 Å². The number of benzene rings is 2. The Morgan fingerprint density at radius 3 is 2.86 bits per heavy atom. The molecule has 2 aromatic carbocycles. The lowest BCUT2D eigenvalue weighted by Crippen LogP contribution is -2.38. The fourth-order valence-corrected chi connectivity index (χ4v) is 4.09. The summed E-state index contributed by atoms with van der Waals surface area (Å²) in [6.45, 7) is 7.28. The van der Waals surface area contributed by atoms with E-state index < -0.39 is 0 Å². The number of rotatable bonds is 6. The van der Waals surface area contributed by atoms with E-state index in [0.29, 0.717) is 6.42 Å². The standard InChI is InChI=1S/C24H29N3O2/c1-18(15-27-14-11-20-7-3-5-9-22(20)27)25-24(28)12-13-26-16-19(2)29-23-10-6-4-8-21(23)17-26/h3-11,14,18-19H,12-13,15-17H2,1-2H3,(H,25,28). The number of carbonyl (C=O) groups excluding carboxylic acids is 1. The molecule has 5 heteroatoms. The van der Waals surface area contributed by atoms with E-state index >= 15 is 0 Å². The van der Waals surface area contributed by atoms with Gasteiger partial charge in [-0.05, 0) is 37.4 Å². The average Bonchev–Trinajstić information content (AvgIpc) is 3.01.